The van der Waals surface area contributed by atoms with Crippen molar-refractivity contribution in [2.45, 2.75) is 19.9 Å². The van der Waals surface area contributed by atoms with Gasteiger partial charge in [-0.05, 0) is 53.6 Å². The lowest BCUT2D eigenvalue weighted by molar-refractivity contribution is 0.333. The van der Waals surface area contributed by atoms with Gasteiger partial charge in [0.1, 0.15) is 5.75 Å². The molecule has 1 unspecified atom stereocenters. The van der Waals surface area contributed by atoms with E-state index in [1.165, 1.54) is 14.7 Å². The summed E-state index contributed by atoms with van der Waals surface area (Å²) in [7, 11) is 0. The monoisotopic (exact) mass is 382 g/mol. The maximum Gasteiger partial charge on any atom is 0.124 e. The highest BCUT2D eigenvalue weighted by Gasteiger charge is 2.19. The third-order valence-corrected chi connectivity index (χ3v) is 4.70. The van der Waals surface area contributed by atoms with Crippen molar-refractivity contribution >= 4 is 22.6 Å². The molecule has 0 aliphatic carbocycles. The second-order valence-corrected chi connectivity index (χ2v) is 5.63. The third-order valence-electron chi connectivity index (χ3n) is 3.23. The van der Waals surface area contributed by atoms with Gasteiger partial charge in [0.05, 0.1) is 12.6 Å². The summed E-state index contributed by atoms with van der Waals surface area (Å²) >= 11 is 2.37. The van der Waals surface area contributed by atoms with Crippen LogP contribution in [0, 0.1) is 10.5 Å². The van der Waals surface area contributed by atoms with Crippen LogP contribution in [0.3, 0.4) is 0 Å². The zero-order valence-corrected chi connectivity index (χ0v) is 13.8. The van der Waals surface area contributed by atoms with Crippen LogP contribution in [-0.4, -0.2) is 6.61 Å². The van der Waals surface area contributed by atoms with Crippen LogP contribution < -0.4 is 16.0 Å². The Bertz CT molecular complexity index is 586. The average molecular weight is 382 g/mol. The number of aryl methyl sites for hydroxylation is 1. The Kier molecular flexibility index (Phi) is 5.39. The Morgan fingerprint density at radius 1 is 1.15 bits per heavy atom. The number of ether oxygens (including phenoxy) is 1. The van der Waals surface area contributed by atoms with Crippen molar-refractivity contribution in [3.05, 3.63) is 62.7 Å². The molecule has 0 bridgehead atoms. The summed E-state index contributed by atoms with van der Waals surface area (Å²) in [5.74, 6) is 6.68. The largest absolute Gasteiger partial charge is 0.494 e. The van der Waals surface area contributed by atoms with Gasteiger partial charge in [0.15, 0.2) is 0 Å². The molecule has 2 aromatic rings. The van der Waals surface area contributed by atoms with Crippen molar-refractivity contribution in [1.82, 2.24) is 5.43 Å². The minimum absolute atomic E-state index is 0.0791. The van der Waals surface area contributed by atoms with E-state index in [2.05, 4.69) is 53.1 Å². The summed E-state index contributed by atoms with van der Waals surface area (Å²) in [6, 6.07) is 14.2. The van der Waals surface area contributed by atoms with Gasteiger partial charge in [-0.25, -0.2) is 5.43 Å². The lowest BCUT2D eigenvalue weighted by atomic mass is 9.97. The first-order valence-corrected chi connectivity index (χ1v) is 7.69. The van der Waals surface area contributed by atoms with Crippen molar-refractivity contribution in [3.8, 4) is 5.75 Å². The number of halogens is 1. The number of hydrogen-bond acceptors (Lipinski definition) is 3. The summed E-state index contributed by atoms with van der Waals surface area (Å²) in [5, 5.41) is 0. The van der Waals surface area contributed by atoms with Gasteiger partial charge in [0.25, 0.3) is 0 Å². The Hall–Kier alpha value is -1.11. The molecule has 0 saturated carbocycles. The van der Waals surface area contributed by atoms with Crippen molar-refractivity contribution in [3.63, 3.8) is 0 Å². The molecule has 2 rings (SSSR count). The van der Waals surface area contributed by atoms with Crippen LogP contribution in [0.4, 0.5) is 0 Å². The molecule has 3 nitrogen and oxygen atoms in total. The summed E-state index contributed by atoms with van der Waals surface area (Å²) < 4.78 is 6.94. The lowest BCUT2D eigenvalue weighted by Gasteiger charge is -2.22. The van der Waals surface area contributed by atoms with Gasteiger partial charge in [0, 0.05) is 9.13 Å². The number of rotatable bonds is 5. The number of nitrogens with one attached hydrogen (secondary N) is 1. The molecule has 20 heavy (non-hydrogen) atoms. The molecule has 0 aromatic heterocycles. The van der Waals surface area contributed by atoms with Gasteiger partial charge in [-0.15, -0.1) is 0 Å². The predicted octanol–water partition coefficient (Wildman–Crippen LogP) is 3.55. The van der Waals surface area contributed by atoms with E-state index in [9.17, 15) is 0 Å². The minimum Gasteiger partial charge on any atom is -0.494 e. The van der Waals surface area contributed by atoms with Crippen LogP contribution in [0.15, 0.2) is 42.5 Å². The molecule has 3 N–H and O–H groups in total. The topological polar surface area (TPSA) is 47.3 Å². The second kappa shape index (κ2) is 7.06. The van der Waals surface area contributed by atoms with E-state index in [1.807, 2.05) is 31.2 Å². The average Bonchev–Trinajstić information content (AvgIpc) is 2.46. The number of hydrogen-bond donors (Lipinski definition) is 2. The lowest BCUT2D eigenvalue weighted by Crippen LogP contribution is -2.30. The highest BCUT2D eigenvalue weighted by molar-refractivity contribution is 14.1. The molecule has 0 aliphatic rings. The molecule has 0 amide bonds. The SMILES string of the molecule is CCOc1ccccc1C(NN)c1cccc(C)c1I. The summed E-state index contributed by atoms with van der Waals surface area (Å²) in [4.78, 5) is 0. The number of para-hydroxylation sites is 1. The normalized spacial score (nSPS) is 12.2. The van der Waals surface area contributed by atoms with E-state index in [0.717, 1.165) is 11.3 Å². The fraction of sp³-hybridized carbons (Fsp3) is 0.250. The fourth-order valence-electron chi connectivity index (χ4n) is 2.25. The van der Waals surface area contributed by atoms with Gasteiger partial charge < -0.3 is 4.74 Å². The molecule has 0 radical (unpaired) electrons. The highest BCUT2D eigenvalue weighted by Crippen LogP contribution is 2.32. The molecule has 0 saturated heterocycles. The third kappa shape index (κ3) is 3.13. The maximum atomic E-state index is 5.81. The molecular formula is C16H19IN2O. The first kappa shape index (κ1) is 15.3. The standard InChI is InChI=1S/C16H19IN2O/c1-3-20-14-10-5-4-8-12(14)16(19-18)13-9-6-7-11(2)15(13)17/h4-10,16,19H,3,18H2,1-2H3. The number of benzene rings is 2. The molecule has 106 valence electrons. The first-order valence-electron chi connectivity index (χ1n) is 6.61. The Labute approximate surface area is 133 Å². The van der Waals surface area contributed by atoms with E-state index in [0.29, 0.717) is 6.61 Å². The summed E-state index contributed by atoms with van der Waals surface area (Å²) in [6.07, 6.45) is 0. The van der Waals surface area contributed by atoms with Crippen LogP contribution in [0.25, 0.3) is 0 Å². The molecule has 0 heterocycles. The second-order valence-electron chi connectivity index (χ2n) is 4.55. The predicted molar refractivity (Wildman–Crippen MR) is 90.7 cm³/mol. The molecule has 0 aliphatic heterocycles. The Morgan fingerprint density at radius 2 is 1.85 bits per heavy atom. The number of nitrogens with two attached hydrogens (primary N) is 1. The van der Waals surface area contributed by atoms with Gasteiger partial charge in [-0.1, -0.05) is 36.4 Å². The van der Waals surface area contributed by atoms with Crippen LogP contribution in [0.2, 0.25) is 0 Å². The molecule has 2 aromatic carbocycles. The first-order chi connectivity index (χ1) is 9.69. The quantitative estimate of drug-likeness (QED) is 0.473. The molecule has 1 atom stereocenters. The van der Waals surface area contributed by atoms with Crippen molar-refractivity contribution in [2.75, 3.05) is 6.61 Å². The van der Waals surface area contributed by atoms with Gasteiger partial charge in [0.2, 0.25) is 0 Å². The van der Waals surface area contributed by atoms with Crippen molar-refractivity contribution in [2.24, 2.45) is 5.84 Å². The zero-order chi connectivity index (χ0) is 14.5. The van der Waals surface area contributed by atoms with Gasteiger partial charge >= 0.3 is 0 Å². The van der Waals surface area contributed by atoms with E-state index >= 15 is 0 Å². The number of hydrazine groups is 1. The van der Waals surface area contributed by atoms with Crippen LogP contribution >= 0.6 is 22.6 Å². The van der Waals surface area contributed by atoms with Crippen LogP contribution in [0.5, 0.6) is 5.75 Å². The zero-order valence-electron chi connectivity index (χ0n) is 11.7. The molecule has 0 spiro atoms. The van der Waals surface area contributed by atoms with Crippen LogP contribution in [-0.2, 0) is 0 Å². The Morgan fingerprint density at radius 3 is 2.55 bits per heavy atom. The van der Waals surface area contributed by atoms with Crippen molar-refractivity contribution in [1.29, 1.82) is 0 Å². The van der Waals surface area contributed by atoms with Crippen LogP contribution in [0.1, 0.15) is 29.7 Å². The van der Waals surface area contributed by atoms with E-state index in [4.69, 9.17) is 10.6 Å². The molecule has 4 heteroatoms. The van der Waals surface area contributed by atoms with E-state index in [-0.39, 0.29) is 6.04 Å². The fourth-order valence-corrected chi connectivity index (χ4v) is 2.92. The minimum atomic E-state index is -0.0791. The smallest absolute Gasteiger partial charge is 0.124 e. The molecule has 0 fully saturated rings. The summed E-state index contributed by atoms with van der Waals surface area (Å²) in [6.45, 7) is 4.73. The molecular weight excluding hydrogens is 363 g/mol. The van der Waals surface area contributed by atoms with Crippen molar-refractivity contribution < 1.29 is 4.74 Å². The Balaban J connectivity index is 2.50. The van der Waals surface area contributed by atoms with Gasteiger partial charge in [-0.2, -0.15) is 0 Å². The summed E-state index contributed by atoms with van der Waals surface area (Å²) in [5.41, 5.74) is 6.39. The van der Waals surface area contributed by atoms with E-state index in [1.54, 1.807) is 0 Å². The van der Waals surface area contributed by atoms with E-state index < -0.39 is 0 Å². The highest BCUT2D eigenvalue weighted by atomic mass is 127. The van der Waals surface area contributed by atoms with Gasteiger partial charge in [-0.3, -0.25) is 5.84 Å². The maximum absolute atomic E-state index is 5.81.